The number of aliphatic hydroxyl groups is 1. The summed E-state index contributed by atoms with van der Waals surface area (Å²) in [5.74, 6) is -5.40. The second-order valence-corrected chi connectivity index (χ2v) is 6.23. The molecule has 1 aliphatic heterocycles. The molecule has 0 bridgehead atoms. The van der Waals surface area contributed by atoms with Crippen LogP contribution in [0.2, 0.25) is 0 Å². The highest BCUT2D eigenvalue weighted by atomic mass is 19.2. The molecular weight excluding hydrogens is 286 g/mol. The van der Waals surface area contributed by atoms with Crippen molar-refractivity contribution in [1.82, 2.24) is 4.90 Å². The molecule has 0 unspecified atom stereocenters. The van der Waals surface area contributed by atoms with Crippen LogP contribution in [-0.2, 0) is 6.54 Å². The van der Waals surface area contributed by atoms with Crippen molar-refractivity contribution >= 4 is 0 Å². The molecule has 2 rings (SSSR count). The highest BCUT2D eigenvalue weighted by molar-refractivity contribution is 5.29. The summed E-state index contributed by atoms with van der Waals surface area (Å²) in [6, 6.07) is 0. The molecule has 6 heteroatoms. The van der Waals surface area contributed by atoms with Gasteiger partial charge < -0.3 is 5.11 Å². The first kappa shape index (κ1) is 16.2. The number of rotatable bonds is 3. The van der Waals surface area contributed by atoms with Crippen LogP contribution in [0.3, 0.4) is 0 Å². The fourth-order valence-electron chi connectivity index (χ4n) is 2.70. The lowest BCUT2D eigenvalue weighted by Gasteiger charge is -2.25. The van der Waals surface area contributed by atoms with Crippen molar-refractivity contribution in [3.63, 3.8) is 0 Å². The molecule has 0 saturated carbocycles. The zero-order chi connectivity index (χ0) is 15.9. The van der Waals surface area contributed by atoms with Gasteiger partial charge in [0.15, 0.2) is 23.3 Å². The van der Waals surface area contributed by atoms with E-state index in [4.69, 9.17) is 0 Å². The van der Waals surface area contributed by atoms with Crippen molar-refractivity contribution in [2.45, 2.75) is 39.3 Å². The van der Waals surface area contributed by atoms with Gasteiger partial charge in [-0.05, 0) is 33.7 Å². The van der Waals surface area contributed by atoms with Crippen LogP contribution in [0.4, 0.5) is 17.6 Å². The average Bonchev–Trinajstić information content (AvgIpc) is 2.88. The van der Waals surface area contributed by atoms with Crippen LogP contribution < -0.4 is 0 Å². The standard InChI is InChI=1S/C15H19F4NO/c1-8-11(16)13(18)10(14(19)12(8)17)7-20-5-4-9(6-20)15(2,3)21/h9,21H,4-7H2,1-3H3/t9-/m0/s1. The summed E-state index contributed by atoms with van der Waals surface area (Å²) in [4.78, 5) is 1.69. The fourth-order valence-corrected chi connectivity index (χ4v) is 2.70. The summed E-state index contributed by atoms with van der Waals surface area (Å²) < 4.78 is 54.7. The van der Waals surface area contributed by atoms with Gasteiger partial charge in [0, 0.05) is 30.1 Å². The van der Waals surface area contributed by atoms with E-state index < -0.39 is 40.0 Å². The van der Waals surface area contributed by atoms with Crippen LogP contribution >= 0.6 is 0 Å². The monoisotopic (exact) mass is 305 g/mol. The molecule has 0 aliphatic carbocycles. The largest absolute Gasteiger partial charge is 0.390 e. The lowest BCUT2D eigenvalue weighted by molar-refractivity contribution is 0.0207. The third-order valence-corrected chi connectivity index (χ3v) is 4.23. The Kier molecular flexibility index (Phi) is 4.31. The lowest BCUT2D eigenvalue weighted by Crippen LogP contribution is -2.33. The zero-order valence-corrected chi connectivity index (χ0v) is 12.3. The second kappa shape index (κ2) is 5.57. The van der Waals surface area contributed by atoms with Crippen molar-refractivity contribution in [1.29, 1.82) is 0 Å². The van der Waals surface area contributed by atoms with Crippen molar-refractivity contribution in [3.05, 3.63) is 34.4 Å². The zero-order valence-electron chi connectivity index (χ0n) is 12.3. The fraction of sp³-hybridized carbons (Fsp3) is 0.600. The van der Waals surface area contributed by atoms with Gasteiger partial charge in [-0.15, -0.1) is 0 Å². The van der Waals surface area contributed by atoms with Crippen LogP contribution in [0.1, 0.15) is 31.4 Å². The molecule has 1 heterocycles. The SMILES string of the molecule is Cc1c(F)c(F)c(CN2CC[C@H](C(C)(C)O)C2)c(F)c1F. The minimum absolute atomic E-state index is 0.0382. The molecule has 1 atom stereocenters. The average molecular weight is 305 g/mol. The van der Waals surface area contributed by atoms with Crippen LogP contribution in [0.25, 0.3) is 0 Å². The molecule has 0 aromatic heterocycles. The van der Waals surface area contributed by atoms with E-state index in [2.05, 4.69) is 0 Å². The maximum Gasteiger partial charge on any atom is 0.166 e. The first-order valence-corrected chi connectivity index (χ1v) is 6.89. The topological polar surface area (TPSA) is 23.5 Å². The van der Waals surface area contributed by atoms with Crippen LogP contribution in [0, 0.1) is 36.1 Å². The van der Waals surface area contributed by atoms with Gasteiger partial charge in [-0.1, -0.05) is 0 Å². The molecule has 118 valence electrons. The number of halogens is 4. The number of likely N-dealkylation sites (tertiary alicyclic amines) is 1. The molecule has 1 aromatic carbocycles. The summed E-state index contributed by atoms with van der Waals surface area (Å²) in [5.41, 5.74) is -2.13. The summed E-state index contributed by atoms with van der Waals surface area (Å²) in [5, 5.41) is 9.94. The van der Waals surface area contributed by atoms with Gasteiger partial charge >= 0.3 is 0 Å². The lowest BCUT2D eigenvalue weighted by atomic mass is 9.90. The van der Waals surface area contributed by atoms with E-state index >= 15 is 0 Å². The smallest absolute Gasteiger partial charge is 0.166 e. The number of benzene rings is 1. The second-order valence-electron chi connectivity index (χ2n) is 6.23. The minimum atomic E-state index is -1.35. The summed E-state index contributed by atoms with van der Waals surface area (Å²) in [6.07, 6.45) is 0.670. The normalized spacial score (nSPS) is 20.3. The van der Waals surface area contributed by atoms with Gasteiger partial charge in [0.2, 0.25) is 0 Å². The predicted octanol–water partition coefficient (Wildman–Crippen LogP) is 3.14. The van der Waals surface area contributed by atoms with Crippen molar-refractivity contribution in [3.8, 4) is 0 Å². The number of nitrogens with zero attached hydrogens (tertiary/aromatic N) is 1. The van der Waals surface area contributed by atoms with Gasteiger partial charge in [0.25, 0.3) is 0 Å². The summed E-state index contributed by atoms with van der Waals surface area (Å²) >= 11 is 0. The Morgan fingerprint density at radius 3 is 2.05 bits per heavy atom. The van der Waals surface area contributed by atoms with Crippen LogP contribution in [0.15, 0.2) is 0 Å². The third kappa shape index (κ3) is 3.06. The maximum absolute atomic E-state index is 13.8. The van der Waals surface area contributed by atoms with Gasteiger partial charge in [-0.25, -0.2) is 17.6 Å². The first-order valence-electron chi connectivity index (χ1n) is 6.89. The quantitative estimate of drug-likeness (QED) is 0.685. The van der Waals surface area contributed by atoms with Crippen molar-refractivity contribution in [2.24, 2.45) is 5.92 Å². The van der Waals surface area contributed by atoms with Crippen molar-refractivity contribution in [2.75, 3.05) is 13.1 Å². The molecule has 1 aromatic rings. The van der Waals surface area contributed by atoms with Crippen LogP contribution in [0.5, 0.6) is 0 Å². The Hall–Kier alpha value is -1.14. The Balaban J connectivity index is 2.22. The van der Waals surface area contributed by atoms with Crippen LogP contribution in [-0.4, -0.2) is 28.7 Å². The molecule has 0 radical (unpaired) electrons. The van der Waals surface area contributed by atoms with E-state index in [9.17, 15) is 22.7 Å². The summed E-state index contributed by atoms with van der Waals surface area (Å²) in [7, 11) is 0. The van der Waals surface area contributed by atoms with Crippen molar-refractivity contribution < 1.29 is 22.7 Å². The minimum Gasteiger partial charge on any atom is -0.390 e. The van der Waals surface area contributed by atoms with E-state index in [1.807, 2.05) is 0 Å². The van der Waals surface area contributed by atoms with E-state index in [1.54, 1.807) is 18.7 Å². The molecule has 1 N–H and O–H groups in total. The molecule has 0 amide bonds. The highest BCUT2D eigenvalue weighted by Crippen LogP contribution is 2.30. The van der Waals surface area contributed by atoms with E-state index in [0.29, 0.717) is 19.5 Å². The maximum atomic E-state index is 13.8. The van der Waals surface area contributed by atoms with Gasteiger partial charge in [0.1, 0.15) is 0 Å². The summed E-state index contributed by atoms with van der Waals surface area (Å²) in [6.45, 7) is 5.09. The Bertz CT molecular complexity index is 525. The molecule has 1 saturated heterocycles. The molecular formula is C15H19F4NO. The number of hydrogen-bond acceptors (Lipinski definition) is 2. The Labute approximate surface area is 121 Å². The van der Waals surface area contributed by atoms with Gasteiger partial charge in [-0.3, -0.25) is 4.90 Å². The third-order valence-electron chi connectivity index (χ3n) is 4.23. The Morgan fingerprint density at radius 1 is 1.10 bits per heavy atom. The molecule has 1 fully saturated rings. The Morgan fingerprint density at radius 2 is 1.62 bits per heavy atom. The number of hydrogen-bond donors (Lipinski definition) is 1. The molecule has 0 spiro atoms. The van der Waals surface area contributed by atoms with Gasteiger partial charge in [-0.2, -0.15) is 0 Å². The first-order chi connectivity index (χ1) is 9.62. The van der Waals surface area contributed by atoms with E-state index in [0.717, 1.165) is 6.92 Å². The molecule has 21 heavy (non-hydrogen) atoms. The highest BCUT2D eigenvalue weighted by Gasteiger charge is 2.34. The predicted molar refractivity (Wildman–Crippen MR) is 70.7 cm³/mol. The van der Waals surface area contributed by atoms with E-state index in [1.165, 1.54) is 0 Å². The van der Waals surface area contributed by atoms with E-state index in [-0.39, 0.29) is 12.5 Å². The van der Waals surface area contributed by atoms with Gasteiger partial charge in [0.05, 0.1) is 5.60 Å². The molecule has 1 aliphatic rings. The molecule has 2 nitrogen and oxygen atoms in total.